The quantitative estimate of drug-likeness (QED) is 0.350. The van der Waals surface area contributed by atoms with Crippen LogP contribution in [0.1, 0.15) is 0 Å². The third-order valence-corrected chi connectivity index (χ3v) is 3.73. The predicted molar refractivity (Wildman–Crippen MR) is 53.8 cm³/mol. The fourth-order valence-corrected chi connectivity index (χ4v) is 2.74. The number of hydrogen-bond acceptors (Lipinski definition) is 2. The van der Waals surface area contributed by atoms with Crippen LogP contribution < -0.4 is 0 Å². The van der Waals surface area contributed by atoms with Gasteiger partial charge in [-0.25, -0.2) is 0 Å². The molecule has 0 aromatic carbocycles. The van der Waals surface area contributed by atoms with E-state index >= 15 is 0 Å². The SMILES string of the molecule is FC(F)(F)C(OS(F)(F)OC(C(F)(F)F)(C(F)(F)F)C(F)(F)F)(C(F)(F)F)C(F)(F)F. The molecule has 0 spiro atoms. The molecule has 0 saturated heterocycles. The minimum atomic E-state index is -9.22. The van der Waals surface area contributed by atoms with Gasteiger partial charge < -0.3 is 0 Å². The van der Waals surface area contributed by atoms with Gasteiger partial charge in [0.2, 0.25) is 0 Å². The van der Waals surface area contributed by atoms with Crippen LogP contribution in [0.3, 0.4) is 0 Å². The standard InChI is InChI=1S/C8F20O2S/c9-3(10,11)1(4(12,13)14,5(15,16)17)29-31(27,28)30-2(6(18,19)20,7(21,22)23)8(24,25)26. The lowest BCUT2D eigenvalue weighted by molar-refractivity contribution is -0.449. The normalized spacial score (nSPS) is 17.2. The number of hydrogen-bond donors (Lipinski definition) is 0. The molecule has 0 radical (unpaired) electrons. The van der Waals surface area contributed by atoms with E-state index in [1.54, 1.807) is 0 Å². The Balaban J connectivity index is 7.04. The maximum absolute atomic E-state index is 13.2. The van der Waals surface area contributed by atoms with Crippen molar-refractivity contribution >= 4 is 11.4 Å². The lowest BCUT2D eigenvalue weighted by atomic mass is 10.0. The highest BCUT2D eigenvalue weighted by atomic mass is 32.3. The van der Waals surface area contributed by atoms with Crippen LogP contribution in [0, 0.1) is 0 Å². The fourth-order valence-electron chi connectivity index (χ4n) is 1.56. The number of alkyl halides is 18. The second kappa shape index (κ2) is 7.45. The minimum Gasteiger partial charge on any atom is -0.196 e. The van der Waals surface area contributed by atoms with Gasteiger partial charge in [-0.1, -0.05) is 7.77 Å². The van der Waals surface area contributed by atoms with E-state index in [1.807, 2.05) is 0 Å². The summed E-state index contributed by atoms with van der Waals surface area (Å²) in [5.74, 6) is 0. The van der Waals surface area contributed by atoms with E-state index in [-0.39, 0.29) is 0 Å². The van der Waals surface area contributed by atoms with Gasteiger partial charge >= 0.3 is 48.3 Å². The second-order valence-electron chi connectivity index (χ2n) is 4.89. The van der Waals surface area contributed by atoms with Gasteiger partial charge in [0, 0.05) is 0 Å². The first-order valence-electron chi connectivity index (χ1n) is 5.95. The Kier molecular flexibility index (Phi) is 7.18. The summed E-state index contributed by atoms with van der Waals surface area (Å²) in [5, 5.41) is 0. The molecule has 23 heteroatoms. The highest BCUT2D eigenvalue weighted by molar-refractivity contribution is 8.17. The summed E-state index contributed by atoms with van der Waals surface area (Å²) in [5.41, 5.74) is -16.5. The van der Waals surface area contributed by atoms with Crippen LogP contribution >= 0.6 is 11.4 Å². The molecule has 31 heavy (non-hydrogen) atoms. The van der Waals surface area contributed by atoms with E-state index in [0.717, 1.165) is 0 Å². The molecule has 0 atom stereocenters. The predicted octanol–water partition coefficient (Wildman–Crippen LogP) is 7.27. The Hall–Kier alpha value is -1.13. The summed E-state index contributed by atoms with van der Waals surface area (Å²) in [7, 11) is 0. The number of rotatable bonds is 4. The van der Waals surface area contributed by atoms with Gasteiger partial charge in [-0.05, 0) is 0 Å². The van der Waals surface area contributed by atoms with Crippen LogP contribution in [0.4, 0.5) is 86.8 Å². The smallest absolute Gasteiger partial charge is 0.196 e. The van der Waals surface area contributed by atoms with Crippen molar-refractivity contribution in [3.8, 4) is 0 Å². The third kappa shape index (κ3) is 4.95. The van der Waals surface area contributed by atoms with E-state index in [0.29, 0.717) is 0 Å². The average Bonchev–Trinajstić information content (AvgIpc) is 2.33. The molecular weight excluding hydrogens is 540 g/mol. The van der Waals surface area contributed by atoms with Gasteiger partial charge in [-0.15, -0.1) is 0 Å². The molecule has 0 fully saturated rings. The maximum Gasteiger partial charge on any atom is 0.438 e. The van der Waals surface area contributed by atoms with E-state index in [2.05, 4.69) is 0 Å². The molecule has 0 N–H and O–H groups in total. The largest absolute Gasteiger partial charge is 0.438 e. The van der Waals surface area contributed by atoms with E-state index in [4.69, 9.17) is 0 Å². The average molecular weight is 540 g/mol. The summed E-state index contributed by atoms with van der Waals surface area (Å²) in [6.45, 7) is 0. The highest BCUT2D eigenvalue weighted by Crippen LogP contribution is 2.70. The van der Waals surface area contributed by atoms with Crippen molar-refractivity contribution < 1.29 is 95.2 Å². The fraction of sp³-hybridized carbons (Fsp3) is 1.00. The molecule has 190 valence electrons. The van der Waals surface area contributed by atoms with Crippen LogP contribution in [0.15, 0.2) is 0 Å². The highest BCUT2D eigenvalue weighted by Gasteiger charge is 2.91. The molecule has 0 amide bonds. The van der Waals surface area contributed by atoms with E-state index < -0.39 is 59.6 Å². The molecule has 0 aliphatic heterocycles. The number of halogens is 20. The van der Waals surface area contributed by atoms with Crippen molar-refractivity contribution in [2.75, 3.05) is 0 Å². The Morgan fingerprint density at radius 1 is 0.323 bits per heavy atom. The zero-order valence-corrected chi connectivity index (χ0v) is 13.6. The Bertz CT molecular complexity index is 500. The Morgan fingerprint density at radius 2 is 0.452 bits per heavy atom. The summed E-state index contributed by atoms with van der Waals surface area (Å²) >= 11 is -9.22. The zero-order valence-electron chi connectivity index (χ0n) is 12.8. The van der Waals surface area contributed by atoms with Gasteiger partial charge in [0.25, 0.3) is 0 Å². The monoisotopic (exact) mass is 540 g/mol. The summed E-state index contributed by atoms with van der Waals surface area (Å²) < 4.78 is 253. The first kappa shape index (κ1) is 29.9. The molecule has 0 aromatic rings. The molecule has 0 aliphatic carbocycles. The zero-order chi connectivity index (χ0) is 25.9. The van der Waals surface area contributed by atoms with Gasteiger partial charge in [0.15, 0.2) is 0 Å². The maximum atomic E-state index is 13.2. The topological polar surface area (TPSA) is 18.5 Å². The second-order valence-corrected chi connectivity index (χ2v) is 5.98. The van der Waals surface area contributed by atoms with Crippen molar-refractivity contribution in [2.45, 2.75) is 48.3 Å². The van der Waals surface area contributed by atoms with Crippen molar-refractivity contribution in [3.05, 3.63) is 0 Å². The Labute approximate surface area is 156 Å². The van der Waals surface area contributed by atoms with E-state index in [1.165, 1.54) is 8.37 Å². The van der Waals surface area contributed by atoms with Crippen LogP contribution in [0.5, 0.6) is 0 Å². The van der Waals surface area contributed by atoms with Crippen LogP contribution in [0.2, 0.25) is 0 Å². The van der Waals surface area contributed by atoms with E-state index in [9.17, 15) is 86.8 Å². The summed E-state index contributed by atoms with van der Waals surface area (Å²) in [6.07, 6.45) is -48.9. The summed E-state index contributed by atoms with van der Waals surface area (Å²) in [6, 6.07) is 0. The van der Waals surface area contributed by atoms with Gasteiger partial charge in [-0.2, -0.15) is 87.4 Å². The molecule has 0 saturated carbocycles. The molecule has 0 bridgehead atoms. The first-order valence-corrected chi connectivity index (χ1v) is 7.24. The molecular formula is C8F20O2S. The van der Waals surface area contributed by atoms with Gasteiger partial charge in [0.1, 0.15) is 11.4 Å². The molecule has 0 rings (SSSR count). The van der Waals surface area contributed by atoms with Crippen LogP contribution in [0.25, 0.3) is 0 Å². The third-order valence-electron chi connectivity index (χ3n) is 2.84. The molecule has 0 aromatic heterocycles. The van der Waals surface area contributed by atoms with Gasteiger partial charge in [-0.3, -0.25) is 0 Å². The van der Waals surface area contributed by atoms with Crippen LogP contribution in [-0.4, -0.2) is 48.3 Å². The van der Waals surface area contributed by atoms with Crippen molar-refractivity contribution in [1.29, 1.82) is 0 Å². The molecule has 0 heterocycles. The molecule has 0 aliphatic rings. The van der Waals surface area contributed by atoms with Crippen molar-refractivity contribution in [1.82, 2.24) is 0 Å². The summed E-state index contributed by atoms with van der Waals surface area (Å²) in [4.78, 5) is 0. The minimum absolute atomic E-state index is 1.21. The molecule has 0 unspecified atom stereocenters. The van der Waals surface area contributed by atoms with Crippen molar-refractivity contribution in [2.24, 2.45) is 0 Å². The van der Waals surface area contributed by atoms with Crippen LogP contribution in [-0.2, 0) is 8.37 Å². The van der Waals surface area contributed by atoms with Gasteiger partial charge in [0.05, 0.1) is 0 Å². The van der Waals surface area contributed by atoms with Crippen molar-refractivity contribution in [3.63, 3.8) is 0 Å². The first-order chi connectivity index (χ1) is 12.9. The lowest BCUT2D eigenvalue weighted by Gasteiger charge is -2.44. The lowest BCUT2D eigenvalue weighted by Crippen LogP contribution is -2.69. The Morgan fingerprint density at radius 3 is 0.548 bits per heavy atom. The molecule has 2 nitrogen and oxygen atoms in total.